The Morgan fingerprint density at radius 1 is 1.38 bits per heavy atom. The molecule has 0 aromatic carbocycles. The van der Waals surface area contributed by atoms with Gasteiger partial charge in [-0.2, -0.15) is 4.31 Å². The van der Waals surface area contributed by atoms with Gasteiger partial charge in [-0.1, -0.05) is 19.3 Å². The minimum atomic E-state index is -3.95. The summed E-state index contributed by atoms with van der Waals surface area (Å²) >= 11 is 0.800. The molecule has 0 spiro atoms. The second kappa shape index (κ2) is 6.82. The van der Waals surface area contributed by atoms with Gasteiger partial charge in [0.1, 0.15) is 0 Å². The summed E-state index contributed by atoms with van der Waals surface area (Å²) in [5, 5.41) is 18.2. The number of carboxylic acids is 1. The van der Waals surface area contributed by atoms with Crippen molar-refractivity contribution in [3.05, 3.63) is 11.2 Å². The lowest BCUT2D eigenvalue weighted by Gasteiger charge is -2.32. The highest BCUT2D eigenvalue weighted by Crippen LogP contribution is 2.30. The van der Waals surface area contributed by atoms with Gasteiger partial charge < -0.3 is 10.2 Å². The summed E-state index contributed by atoms with van der Waals surface area (Å²) in [5.41, 5.74) is 0.771. The number of nitrogens with zero attached hydrogens (tertiary/aromatic N) is 2. The molecule has 0 amide bonds. The topological polar surface area (TPSA) is 108 Å². The van der Waals surface area contributed by atoms with Gasteiger partial charge in [-0.05, 0) is 12.8 Å². The van der Waals surface area contributed by atoms with Gasteiger partial charge in [0.2, 0.25) is 0 Å². The number of aliphatic hydroxyl groups excluding tert-OH is 1. The third kappa shape index (κ3) is 3.42. The molecule has 9 heteroatoms. The van der Waals surface area contributed by atoms with E-state index in [2.05, 4.69) is 4.98 Å². The minimum Gasteiger partial charge on any atom is -0.476 e. The molecule has 21 heavy (non-hydrogen) atoms. The van der Waals surface area contributed by atoms with Crippen molar-refractivity contribution in [3.8, 4) is 0 Å². The summed E-state index contributed by atoms with van der Waals surface area (Å²) in [6.45, 7) is -0.319. The smallest absolute Gasteiger partial charge is 0.356 e. The van der Waals surface area contributed by atoms with Crippen LogP contribution in [0.3, 0.4) is 0 Å². The maximum Gasteiger partial charge on any atom is 0.356 e. The van der Waals surface area contributed by atoms with E-state index in [1.165, 1.54) is 9.82 Å². The predicted molar refractivity (Wildman–Crippen MR) is 76.9 cm³/mol. The second-order valence-electron chi connectivity index (χ2n) is 4.92. The Labute approximate surface area is 127 Å². The fourth-order valence-electron chi connectivity index (χ4n) is 2.63. The lowest BCUT2D eigenvalue weighted by Crippen LogP contribution is -2.43. The number of aliphatic hydroxyl groups is 1. The standard InChI is InChI=1S/C12H18N2O5S2/c15-7-6-14(9-4-2-1-3-5-9)21(18,19)12-10(11(16)17)13-8-20-12/h8-9,15H,1-7H2,(H,16,17). The highest BCUT2D eigenvalue weighted by atomic mass is 32.2. The van der Waals surface area contributed by atoms with Gasteiger partial charge in [-0.3, -0.25) is 0 Å². The predicted octanol–water partition coefficient (Wildman–Crippen LogP) is 1.16. The number of hydrogen-bond donors (Lipinski definition) is 2. The zero-order valence-electron chi connectivity index (χ0n) is 11.4. The third-order valence-electron chi connectivity index (χ3n) is 3.58. The number of sulfonamides is 1. The third-order valence-corrected chi connectivity index (χ3v) is 6.88. The fraction of sp³-hybridized carbons (Fsp3) is 0.667. The number of rotatable bonds is 6. The molecule has 2 N–H and O–H groups in total. The highest BCUT2D eigenvalue weighted by molar-refractivity contribution is 7.91. The lowest BCUT2D eigenvalue weighted by molar-refractivity contribution is 0.0687. The first-order valence-electron chi connectivity index (χ1n) is 6.78. The Morgan fingerprint density at radius 2 is 2.05 bits per heavy atom. The molecular weight excluding hydrogens is 316 g/mol. The molecule has 1 aliphatic carbocycles. The molecular formula is C12H18N2O5S2. The Bertz CT molecular complexity index is 593. The van der Waals surface area contributed by atoms with Crippen LogP contribution in [0.4, 0.5) is 0 Å². The molecule has 0 unspecified atom stereocenters. The molecule has 0 atom stereocenters. The van der Waals surface area contributed by atoms with Crippen LogP contribution in [0.1, 0.15) is 42.6 Å². The van der Waals surface area contributed by atoms with Crippen molar-refractivity contribution in [2.24, 2.45) is 0 Å². The Hall–Kier alpha value is -1.03. The van der Waals surface area contributed by atoms with Crippen molar-refractivity contribution >= 4 is 27.3 Å². The van der Waals surface area contributed by atoms with Gasteiger partial charge in [0.05, 0.1) is 12.1 Å². The van der Waals surface area contributed by atoms with E-state index in [-0.39, 0.29) is 23.4 Å². The number of aromatic nitrogens is 1. The lowest BCUT2D eigenvalue weighted by atomic mass is 9.95. The molecule has 0 saturated heterocycles. The van der Waals surface area contributed by atoms with E-state index in [4.69, 9.17) is 5.11 Å². The van der Waals surface area contributed by atoms with Gasteiger partial charge in [-0.15, -0.1) is 11.3 Å². The van der Waals surface area contributed by atoms with Gasteiger partial charge in [0.15, 0.2) is 9.90 Å². The summed E-state index contributed by atoms with van der Waals surface area (Å²) in [6.07, 6.45) is 4.43. The van der Waals surface area contributed by atoms with E-state index in [1.807, 2.05) is 0 Å². The summed E-state index contributed by atoms with van der Waals surface area (Å²) in [6, 6.07) is -0.181. The van der Waals surface area contributed by atoms with Crippen LogP contribution in [0.25, 0.3) is 0 Å². The van der Waals surface area contributed by atoms with Crippen LogP contribution in [0, 0.1) is 0 Å². The van der Waals surface area contributed by atoms with Gasteiger partial charge in [0.25, 0.3) is 10.0 Å². The largest absolute Gasteiger partial charge is 0.476 e. The van der Waals surface area contributed by atoms with Crippen LogP contribution >= 0.6 is 11.3 Å². The van der Waals surface area contributed by atoms with Crippen molar-refractivity contribution in [2.75, 3.05) is 13.2 Å². The fourth-order valence-corrected chi connectivity index (χ4v) is 5.56. The van der Waals surface area contributed by atoms with Crippen LogP contribution in [0.15, 0.2) is 9.72 Å². The summed E-state index contributed by atoms with van der Waals surface area (Å²) in [5.74, 6) is -1.36. The highest BCUT2D eigenvalue weighted by Gasteiger charge is 2.36. The second-order valence-corrected chi connectivity index (χ2v) is 7.87. The Kier molecular flexibility index (Phi) is 5.31. The average Bonchev–Trinajstić information content (AvgIpc) is 2.96. The number of thiazole rings is 1. The Morgan fingerprint density at radius 3 is 2.62 bits per heavy atom. The maximum absolute atomic E-state index is 12.7. The van der Waals surface area contributed by atoms with E-state index in [1.54, 1.807) is 0 Å². The van der Waals surface area contributed by atoms with Crippen LogP contribution in [0.5, 0.6) is 0 Å². The SMILES string of the molecule is O=C(O)c1ncsc1S(=O)(=O)N(CCO)C1CCCCC1. The molecule has 1 aliphatic rings. The molecule has 1 heterocycles. The van der Waals surface area contributed by atoms with E-state index < -0.39 is 21.7 Å². The molecule has 1 saturated carbocycles. The van der Waals surface area contributed by atoms with E-state index in [0.29, 0.717) is 0 Å². The molecule has 2 rings (SSSR count). The number of carbonyl (C=O) groups is 1. The first-order valence-corrected chi connectivity index (χ1v) is 9.10. The molecule has 0 aliphatic heterocycles. The quantitative estimate of drug-likeness (QED) is 0.808. The van der Waals surface area contributed by atoms with Crippen molar-refractivity contribution in [3.63, 3.8) is 0 Å². The number of carboxylic acid groups (broad SMARTS) is 1. The van der Waals surface area contributed by atoms with E-state index in [0.717, 1.165) is 43.4 Å². The monoisotopic (exact) mass is 334 g/mol. The first kappa shape index (κ1) is 16.3. The van der Waals surface area contributed by atoms with Crippen molar-refractivity contribution in [1.82, 2.24) is 9.29 Å². The molecule has 1 aromatic rings. The van der Waals surface area contributed by atoms with Gasteiger partial charge >= 0.3 is 5.97 Å². The van der Waals surface area contributed by atoms with Gasteiger partial charge in [0, 0.05) is 12.6 Å². The molecule has 1 fully saturated rings. The zero-order chi connectivity index (χ0) is 15.5. The molecule has 0 bridgehead atoms. The first-order chi connectivity index (χ1) is 9.98. The number of hydrogen-bond acceptors (Lipinski definition) is 6. The van der Waals surface area contributed by atoms with Crippen LogP contribution in [0.2, 0.25) is 0 Å². The maximum atomic E-state index is 12.7. The van der Waals surface area contributed by atoms with Crippen molar-refractivity contribution in [1.29, 1.82) is 0 Å². The van der Waals surface area contributed by atoms with Crippen LogP contribution in [-0.2, 0) is 10.0 Å². The Balaban J connectivity index is 2.37. The van der Waals surface area contributed by atoms with Crippen molar-refractivity contribution in [2.45, 2.75) is 42.4 Å². The number of aromatic carboxylic acids is 1. The summed E-state index contributed by atoms with van der Waals surface area (Å²) < 4.78 is 26.4. The molecule has 0 radical (unpaired) electrons. The van der Waals surface area contributed by atoms with Crippen LogP contribution < -0.4 is 0 Å². The average molecular weight is 334 g/mol. The summed E-state index contributed by atoms with van der Waals surface area (Å²) in [4.78, 5) is 14.7. The van der Waals surface area contributed by atoms with Crippen LogP contribution in [-0.4, -0.2) is 53.1 Å². The summed E-state index contributed by atoms with van der Waals surface area (Å²) in [7, 11) is -3.95. The van der Waals surface area contributed by atoms with E-state index >= 15 is 0 Å². The molecule has 118 valence electrons. The molecule has 7 nitrogen and oxygen atoms in total. The van der Waals surface area contributed by atoms with Gasteiger partial charge in [-0.25, -0.2) is 18.2 Å². The van der Waals surface area contributed by atoms with E-state index in [9.17, 15) is 18.3 Å². The normalized spacial score (nSPS) is 17.2. The minimum absolute atomic E-state index is 0.0239. The van der Waals surface area contributed by atoms with Crippen molar-refractivity contribution < 1.29 is 23.4 Å². The molecule has 1 aromatic heterocycles. The zero-order valence-corrected chi connectivity index (χ0v) is 13.1.